The van der Waals surface area contributed by atoms with E-state index in [9.17, 15) is 10.1 Å². The van der Waals surface area contributed by atoms with E-state index in [-0.39, 0.29) is 10.6 Å². The van der Waals surface area contributed by atoms with Crippen molar-refractivity contribution in [3.8, 4) is 5.75 Å². The fraction of sp³-hybridized carbons (Fsp3) is 0.217. The molecule has 5 nitrogen and oxygen atoms in total. The Kier molecular flexibility index (Phi) is 3.21. The maximum atomic E-state index is 11.3. The lowest BCUT2D eigenvalue weighted by Crippen LogP contribution is -2.58. The van der Waals surface area contributed by atoms with Crippen LogP contribution in [-0.2, 0) is 5.41 Å². The number of nitrogens with zero attached hydrogens (tertiary/aromatic N) is 2. The molecule has 0 fully saturated rings. The molecule has 0 aliphatic carbocycles. The van der Waals surface area contributed by atoms with Crippen LogP contribution in [0.5, 0.6) is 5.75 Å². The van der Waals surface area contributed by atoms with Crippen molar-refractivity contribution < 1.29 is 9.66 Å². The molecule has 0 N–H and O–H groups in total. The Morgan fingerprint density at radius 1 is 1.07 bits per heavy atom. The molecule has 0 saturated heterocycles. The fourth-order valence-corrected chi connectivity index (χ4v) is 4.67. The summed E-state index contributed by atoms with van der Waals surface area (Å²) < 4.78 is 6.67. The first kappa shape index (κ1) is 16.8. The molecule has 140 valence electrons. The van der Waals surface area contributed by atoms with Gasteiger partial charge in [-0.3, -0.25) is 10.1 Å². The highest BCUT2D eigenvalue weighted by Gasteiger charge is 2.58. The first-order chi connectivity index (χ1) is 13.3. The van der Waals surface area contributed by atoms with Crippen LogP contribution in [0.2, 0.25) is 0 Å². The monoisotopic (exact) mass is 372 g/mol. The van der Waals surface area contributed by atoms with Gasteiger partial charge in [0.15, 0.2) is 0 Å². The Bertz CT molecular complexity index is 1180. The van der Waals surface area contributed by atoms with Crippen LogP contribution >= 0.6 is 0 Å². The highest BCUT2D eigenvalue weighted by atomic mass is 16.6. The average Bonchev–Trinajstić information content (AvgIpc) is 2.86. The van der Waals surface area contributed by atoms with Gasteiger partial charge in [0, 0.05) is 30.4 Å². The van der Waals surface area contributed by atoms with Crippen LogP contribution in [0.3, 0.4) is 0 Å². The van der Waals surface area contributed by atoms with E-state index in [0.717, 1.165) is 28.0 Å². The summed E-state index contributed by atoms with van der Waals surface area (Å²) in [5.74, 6) is 0.823. The largest absolute Gasteiger partial charge is 0.463 e. The van der Waals surface area contributed by atoms with E-state index in [1.807, 2.05) is 31.3 Å². The number of hydrogen-bond acceptors (Lipinski definition) is 4. The standard InChI is InChI=1S/C23H20N2O3/c1-22(2)19-14-16(25(26)27)9-10-20(19)24(3)23(22)13-12-18-17-7-5-4-6-15(17)8-11-21(18)28-23/h4-14H,1-3H3/t23-/m0/s1. The highest BCUT2D eigenvalue weighted by molar-refractivity contribution is 5.94. The summed E-state index contributed by atoms with van der Waals surface area (Å²) in [5.41, 5.74) is 1.80. The number of anilines is 1. The summed E-state index contributed by atoms with van der Waals surface area (Å²) in [6, 6.07) is 17.4. The van der Waals surface area contributed by atoms with E-state index >= 15 is 0 Å². The number of rotatable bonds is 1. The molecule has 0 saturated carbocycles. The summed E-state index contributed by atoms with van der Waals surface area (Å²) in [5, 5.41) is 13.6. The molecule has 1 atom stereocenters. The van der Waals surface area contributed by atoms with Crippen molar-refractivity contribution in [2.45, 2.75) is 25.0 Å². The maximum Gasteiger partial charge on any atom is 0.269 e. The van der Waals surface area contributed by atoms with Gasteiger partial charge in [-0.05, 0) is 54.5 Å². The number of non-ortho nitro benzene ring substituents is 1. The van der Waals surface area contributed by atoms with Gasteiger partial charge in [-0.2, -0.15) is 0 Å². The number of benzene rings is 3. The SMILES string of the molecule is CN1c2ccc([N+](=O)[O-])cc2C(C)(C)[C@@]12C=Cc1c(ccc3ccccc13)O2. The maximum absolute atomic E-state index is 11.3. The molecule has 0 amide bonds. The highest BCUT2D eigenvalue weighted by Crippen LogP contribution is 2.55. The van der Waals surface area contributed by atoms with Gasteiger partial charge in [0.1, 0.15) is 5.75 Å². The number of fused-ring (bicyclic) bond motifs is 4. The number of ether oxygens (including phenoxy) is 1. The number of nitro benzene ring substituents is 1. The van der Waals surface area contributed by atoms with Crippen LogP contribution in [0.1, 0.15) is 25.0 Å². The molecule has 2 aliphatic rings. The molecule has 1 spiro atoms. The van der Waals surface area contributed by atoms with Crippen molar-refractivity contribution in [1.29, 1.82) is 0 Å². The van der Waals surface area contributed by atoms with Crippen LogP contribution in [0, 0.1) is 10.1 Å². The van der Waals surface area contributed by atoms with Gasteiger partial charge in [0.2, 0.25) is 5.72 Å². The summed E-state index contributed by atoms with van der Waals surface area (Å²) >= 11 is 0. The minimum atomic E-state index is -0.750. The summed E-state index contributed by atoms with van der Waals surface area (Å²) in [6.07, 6.45) is 4.22. The smallest absolute Gasteiger partial charge is 0.269 e. The van der Waals surface area contributed by atoms with Crippen molar-refractivity contribution in [2.24, 2.45) is 0 Å². The second-order valence-corrected chi connectivity index (χ2v) is 7.97. The van der Waals surface area contributed by atoms with Gasteiger partial charge >= 0.3 is 0 Å². The molecule has 5 heteroatoms. The Labute approximate surface area is 163 Å². The van der Waals surface area contributed by atoms with Gasteiger partial charge < -0.3 is 9.64 Å². The predicted octanol–water partition coefficient (Wildman–Crippen LogP) is 5.28. The van der Waals surface area contributed by atoms with E-state index in [1.165, 1.54) is 5.39 Å². The lowest BCUT2D eigenvalue weighted by molar-refractivity contribution is -0.384. The van der Waals surface area contributed by atoms with Crippen molar-refractivity contribution in [3.05, 3.63) is 81.9 Å². The molecule has 0 radical (unpaired) electrons. The Balaban J connectivity index is 1.69. The normalized spacial score (nSPS) is 21.5. The Morgan fingerprint density at radius 3 is 2.64 bits per heavy atom. The summed E-state index contributed by atoms with van der Waals surface area (Å²) in [6.45, 7) is 4.16. The molecule has 28 heavy (non-hydrogen) atoms. The molecule has 0 unspecified atom stereocenters. The average molecular weight is 372 g/mol. The van der Waals surface area contributed by atoms with E-state index in [4.69, 9.17) is 4.74 Å². The second kappa shape index (κ2) is 5.35. The number of likely N-dealkylation sites (N-methyl/N-ethyl adjacent to an activating group) is 1. The quantitative estimate of drug-likeness (QED) is 0.431. The van der Waals surface area contributed by atoms with Gasteiger partial charge in [0.05, 0.1) is 10.3 Å². The summed E-state index contributed by atoms with van der Waals surface area (Å²) in [4.78, 5) is 13.0. The first-order valence-electron chi connectivity index (χ1n) is 9.28. The van der Waals surface area contributed by atoms with Crippen molar-refractivity contribution in [3.63, 3.8) is 0 Å². The zero-order valence-electron chi connectivity index (χ0n) is 16.0. The van der Waals surface area contributed by atoms with Crippen molar-refractivity contribution in [1.82, 2.24) is 0 Å². The van der Waals surface area contributed by atoms with Gasteiger partial charge in [-0.25, -0.2) is 0 Å². The van der Waals surface area contributed by atoms with Crippen LogP contribution < -0.4 is 9.64 Å². The Morgan fingerprint density at radius 2 is 1.86 bits per heavy atom. The van der Waals surface area contributed by atoms with Crippen LogP contribution in [0.4, 0.5) is 11.4 Å². The summed E-state index contributed by atoms with van der Waals surface area (Å²) in [7, 11) is 1.98. The molecule has 3 aromatic rings. The number of nitro groups is 1. The van der Waals surface area contributed by atoms with Crippen LogP contribution in [-0.4, -0.2) is 17.7 Å². The second-order valence-electron chi connectivity index (χ2n) is 7.97. The van der Waals surface area contributed by atoms with Gasteiger partial charge in [0.25, 0.3) is 5.69 Å². The van der Waals surface area contributed by atoms with Crippen molar-refractivity contribution >= 4 is 28.2 Å². The molecule has 2 heterocycles. The number of hydrogen-bond donors (Lipinski definition) is 0. The van der Waals surface area contributed by atoms with E-state index in [2.05, 4.69) is 49.1 Å². The predicted molar refractivity (Wildman–Crippen MR) is 111 cm³/mol. The third-order valence-electron chi connectivity index (χ3n) is 6.29. The van der Waals surface area contributed by atoms with Crippen molar-refractivity contribution in [2.75, 3.05) is 11.9 Å². The molecule has 2 aliphatic heterocycles. The zero-order valence-corrected chi connectivity index (χ0v) is 16.0. The van der Waals surface area contributed by atoms with Crippen LogP contribution in [0.15, 0.2) is 60.7 Å². The molecule has 0 aromatic heterocycles. The molecule has 3 aromatic carbocycles. The lowest BCUT2D eigenvalue weighted by atomic mass is 9.76. The lowest BCUT2D eigenvalue weighted by Gasteiger charge is -2.45. The third kappa shape index (κ3) is 1.96. The molecular formula is C23H20N2O3. The first-order valence-corrected chi connectivity index (χ1v) is 9.28. The minimum Gasteiger partial charge on any atom is -0.463 e. The topological polar surface area (TPSA) is 55.6 Å². The van der Waals surface area contributed by atoms with Gasteiger partial charge in [-0.1, -0.05) is 30.3 Å². The van der Waals surface area contributed by atoms with E-state index in [0.29, 0.717) is 0 Å². The third-order valence-corrected chi connectivity index (χ3v) is 6.29. The van der Waals surface area contributed by atoms with E-state index < -0.39 is 11.1 Å². The molecule has 5 rings (SSSR count). The molecular weight excluding hydrogens is 352 g/mol. The zero-order chi connectivity index (χ0) is 19.7. The minimum absolute atomic E-state index is 0.100. The van der Waals surface area contributed by atoms with Crippen LogP contribution in [0.25, 0.3) is 16.8 Å². The fourth-order valence-electron chi connectivity index (χ4n) is 4.67. The Hall–Kier alpha value is -3.34. The van der Waals surface area contributed by atoms with E-state index in [1.54, 1.807) is 12.1 Å². The van der Waals surface area contributed by atoms with Gasteiger partial charge in [-0.15, -0.1) is 0 Å². The molecule has 0 bridgehead atoms.